The fraction of sp³-hybridized carbons (Fsp3) is 0.400. The molecule has 1 aromatic heterocycles. The van der Waals surface area contributed by atoms with Gasteiger partial charge in [-0.05, 0) is 30.2 Å². The SMILES string of the molecule is CCc1ccccc1NC(=O)CN1CCN(C(=O)c2cccn2C)CC1. The summed E-state index contributed by atoms with van der Waals surface area (Å²) in [6, 6.07) is 11.6. The Morgan fingerprint density at radius 3 is 2.42 bits per heavy atom. The number of benzene rings is 1. The number of para-hydroxylation sites is 1. The van der Waals surface area contributed by atoms with Crippen molar-refractivity contribution in [3.63, 3.8) is 0 Å². The predicted octanol–water partition coefficient (Wildman–Crippen LogP) is 1.98. The van der Waals surface area contributed by atoms with E-state index in [2.05, 4.69) is 17.1 Å². The minimum atomic E-state index is -0.00638. The van der Waals surface area contributed by atoms with E-state index in [9.17, 15) is 9.59 Å². The summed E-state index contributed by atoms with van der Waals surface area (Å²) in [6.07, 6.45) is 2.76. The molecule has 1 N–H and O–H groups in total. The standard InChI is InChI=1S/C20H26N4O2/c1-3-16-7-4-5-8-17(16)21-19(25)15-23-11-13-24(14-12-23)20(26)18-9-6-10-22(18)2/h4-10H,3,11-15H2,1-2H3,(H,21,25). The van der Waals surface area contributed by atoms with Crippen LogP contribution in [0.4, 0.5) is 5.69 Å². The van der Waals surface area contributed by atoms with Gasteiger partial charge >= 0.3 is 0 Å². The van der Waals surface area contributed by atoms with Crippen LogP contribution in [0, 0.1) is 0 Å². The first-order chi connectivity index (χ1) is 12.6. The zero-order valence-corrected chi connectivity index (χ0v) is 15.4. The lowest BCUT2D eigenvalue weighted by Crippen LogP contribution is -2.50. The van der Waals surface area contributed by atoms with Crippen molar-refractivity contribution in [2.45, 2.75) is 13.3 Å². The van der Waals surface area contributed by atoms with Gasteiger partial charge in [-0.3, -0.25) is 14.5 Å². The summed E-state index contributed by atoms with van der Waals surface area (Å²) >= 11 is 0. The first-order valence-corrected chi connectivity index (χ1v) is 9.09. The molecule has 0 saturated carbocycles. The Kier molecular flexibility index (Phi) is 5.73. The van der Waals surface area contributed by atoms with Gasteiger partial charge in [0, 0.05) is 45.1 Å². The van der Waals surface area contributed by atoms with Crippen LogP contribution in [0.5, 0.6) is 0 Å². The van der Waals surface area contributed by atoms with E-state index in [1.165, 1.54) is 0 Å². The summed E-state index contributed by atoms with van der Waals surface area (Å²) in [7, 11) is 1.88. The molecular formula is C20H26N4O2. The number of nitrogens with one attached hydrogen (secondary N) is 1. The van der Waals surface area contributed by atoms with Crippen molar-refractivity contribution in [2.75, 3.05) is 38.0 Å². The summed E-state index contributed by atoms with van der Waals surface area (Å²) in [5.41, 5.74) is 2.73. The molecule has 6 nitrogen and oxygen atoms in total. The van der Waals surface area contributed by atoms with Crippen molar-refractivity contribution in [2.24, 2.45) is 7.05 Å². The van der Waals surface area contributed by atoms with Gasteiger partial charge in [0.1, 0.15) is 5.69 Å². The maximum Gasteiger partial charge on any atom is 0.270 e. The summed E-state index contributed by atoms with van der Waals surface area (Å²) in [6.45, 7) is 5.13. The molecule has 2 aromatic rings. The number of hydrogen-bond acceptors (Lipinski definition) is 3. The predicted molar refractivity (Wildman–Crippen MR) is 102 cm³/mol. The van der Waals surface area contributed by atoms with Crippen LogP contribution in [0.15, 0.2) is 42.6 Å². The Morgan fingerprint density at radius 1 is 1.04 bits per heavy atom. The average Bonchev–Trinajstić information content (AvgIpc) is 3.08. The molecule has 1 saturated heterocycles. The van der Waals surface area contributed by atoms with Crippen LogP contribution in [0.1, 0.15) is 23.0 Å². The lowest BCUT2D eigenvalue weighted by Gasteiger charge is -2.34. The highest BCUT2D eigenvalue weighted by molar-refractivity contribution is 5.93. The van der Waals surface area contributed by atoms with Gasteiger partial charge in [0.05, 0.1) is 6.54 Å². The fourth-order valence-electron chi connectivity index (χ4n) is 3.30. The first kappa shape index (κ1) is 18.2. The van der Waals surface area contributed by atoms with Crippen LogP contribution >= 0.6 is 0 Å². The van der Waals surface area contributed by atoms with Gasteiger partial charge < -0.3 is 14.8 Å². The number of piperazine rings is 1. The van der Waals surface area contributed by atoms with E-state index in [0.29, 0.717) is 38.4 Å². The molecule has 0 aliphatic carbocycles. The molecule has 0 atom stereocenters. The molecule has 1 fully saturated rings. The molecule has 0 radical (unpaired) electrons. The van der Waals surface area contributed by atoms with E-state index in [1.807, 2.05) is 59.1 Å². The van der Waals surface area contributed by atoms with Crippen LogP contribution < -0.4 is 5.32 Å². The number of carbonyl (C=O) groups is 2. The van der Waals surface area contributed by atoms with Crippen LogP contribution in [-0.4, -0.2) is 58.9 Å². The minimum absolute atomic E-state index is 0.00638. The van der Waals surface area contributed by atoms with Crippen LogP contribution in [0.25, 0.3) is 0 Å². The molecule has 2 heterocycles. The number of carbonyl (C=O) groups excluding carboxylic acids is 2. The van der Waals surface area contributed by atoms with E-state index in [-0.39, 0.29) is 11.8 Å². The number of rotatable bonds is 5. The van der Waals surface area contributed by atoms with Gasteiger partial charge in [0.15, 0.2) is 0 Å². The van der Waals surface area contributed by atoms with Gasteiger partial charge in [0.2, 0.25) is 5.91 Å². The van der Waals surface area contributed by atoms with Gasteiger partial charge in [-0.15, -0.1) is 0 Å². The van der Waals surface area contributed by atoms with E-state index >= 15 is 0 Å². The molecular weight excluding hydrogens is 328 g/mol. The van der Waals surface area contributed by atoms with Crippen molar-refractivity contribution >= 4 is 17.5 Å². The molecule has 1 aromatic carbocycles. The molecule has 26 heavy (non-hydrogen) atoms. The smallest absolute Gasteiger partial charge is 0.270 e. The Hall–Kier alpha value is -2.60. The third-order valence-corrected chi connectivity index (χ3v) is 4.86. The maximum atomic E-state index is 12.5. The second kappa shape index (κ2) is 8.19. The first-order valence-electron chi connectivity index (χ1n) is 9.09. The molecule has 1 aliphatic heterocycles. The summed E-state index contributed by atoms with van der Waals surface area (Å²) in [5.74, 6) is 0.0478. The van der Waals surface area contributed by atoms with Crippen molar-refractivity contribution in [3.8, 4) is 0 Å². The monoisotopic (exact) mass is 354 g/mol. The molecule has 0 unspecified atom stereocenters. The van der Waals surface area contributed by atoms with Crippen LogP contribution in [0.3, 0.4) is 0 Å². The van der Waals surface area contributed by atoms with Crippen molar-refractivity contribution in [3.05, 3.63) is 53.9 Å². The average molecular weight is 354 g/mol. The highest BCUT2D eigenvalue weighted by Gasteiger charge is 2.24. The molecule has 138 valence electrons. The number of aromatic nitrogens is 1. The Balaban J connectivity index is 1.50. The summed E-state index contributed by atoms with van der Waals surface area (Å²) in [4.78, 5) is 28.8. The molecule has 2 amide bonds. The summed E-state index contributed by atoms with van der Waals surface area (Å²) < 4.78 is 1.84. The fourth-order valence-corrected chi connectivity index (χ4v) is 3.30. The van der Waals surface area contributed by atoms with E-state index in [4.69, 9.17) is 0 Å². The minimum Gasteiger partial charge on any atom is -0.347 e. The van der Waals surface area contributed by atoms with Gasteiger partial charge in [0.25, 0.3) is 5.91 Å². The second-order valence-corrected chi connectivity index (χ2v) is 6.63. The Labute approximate surface area is 154 Å². The van der Waals surface area contributed by atoms with Crippen LogP contribution in [-0.2, 0) is 18.3 Å². The lowest BCUT2D eigenvalue weighted by molar-refractivity contribution is -0.117. The third kappa shape index (κ3) is 4.14. The lowest BCUT2D eigenvalue weighted by atomic mass is 10.1. The van der Waals surface area contributed by atoms with Gasteiger partial charge in [-0.25, -0.2) is 0 Å². The van der Waals surface area contributed by atoms with E-state index in [1.54, 1.807) is 0 Å². The Bertz CT molecular complexity index is 776. The molecule has 0 bridgehead atoms. The van der Waals surface area contributed by atoms with Gasteiger partial charge in [-0.2, -0.15) is 0 Å². The number of aryl methyl sites for hydroxylation is 2. The van der Waals surface area contributed by atoms with Crippen molar-refractivity contribution in [1.82, 2.24) is 14.4 Å². The normalized spacial score (nSPS) is 15.1. The molecule has 6 heteroatoms. The zero-order valence-electron chi connectivity index (χ0n) is 15.4. The number of hydrogen-bond donors (Lipinski definition) is 1. The third-order valence-electron chi connectivity index (χ3n) is 4.86. The van der Waals surface area contributed by atoms with E-state index < -0.39 is 0 Å². The highest BCUT2D eigenvalue weighted by Crippen LogP contribution is 2.15. The molecule has 0 spiro atoms. The highest BCUT2D eigenvalue weighted by atomic mass is 16.2. The molecule has 1 aliphatic rings. The van der Waals surface area contributed by atoms with Crippen molar-refractivity contribution < 1.29 is 9.59 Å². The number of amides is 2. The maximum absolute atomic E-state index is 12.5. The quantitative estimate of drug-likeness (QED) is 0.893. The second-order valence-electron chi connectivity index (χ2n) is 6.63. The van der Waals surface area contributed by atoms with Crippen molar-refractivity contribution in [1.29, 1.82) is 0 Å². The largest absolute Gasteiger partial charge is 0.347 e. The Morgan fingerprint density at radius 2 is 1.77 bits per heavy atom. The zero-order chi connectivity index (χ0) is 18.5. The molecule has 3 rings (SSSR count). The van der Waals surface area contributed by atoms with Crippen LogP contribution in [0.2, 0.25) is 0 Å². The number of anilines is 1. The number of nitrogens with zero attached hydrogens (tertiary/aromatic N) is 3. The summed E-state index contributed by atoms with van der Waals surface area (Å²) in [5, 5.41) is 3.01. The topological polar surface area (TPSA) is 57.6 Å². The van der Waals surface area contributed by atoms with Gasteiger partial charge in [-0.1, -0.05) is 25.1 Å². The van der Waals surface area contributed by atoms with E-state index in [0.717, 1.165) is 17.7 Å².